The van der Waals surface area contributed by atoms with Crippen LogP contribution in [0, 0.1) is 5.92 Å². The summed E-state index contributed by atoms with van der Waals surface area (Å²) in [7, 11) is 0. The van der Waals surface area contributed by atoms with Crippen LogP contribution in [0.25, 0.3) is 0 Å². The van der Waals surface area contributed by atoms with E-state index < -0.39 is 0 Å². The quantitative estimate of drug-likeness (QED) is 0.652. The second kappa shape index (κ2) is 7.24. The molecule has 0 spiro atoms. The molecule has 15 heavy (non-hydrogen) atoms. The Morgan fingerprint density at radius 1 is 1.13 bits per heavy atom. The molecule has 1 fully saturated rings. The molecule has 2 nitrogen and oxygen atoms in total. The van der Waals surface area contributed by atoms with Crippen molar-refractivity contribution in [1.82, 2.24) is 10.2 Å². The van der Waals surface area contributed by atoms with Crippen molar-refractivity contribution in [3.63, 3.8) is 0 Å². The van der Waals surface area contributed by atoms with E-state index in [1.807, 2.05) is 0 Å². The number of hydrogen-bond acceptors (Lipinski definition) is 2. The van der Waals surface area contributed by atoms with Gasteiger partial charge in [-0.05, 0) is 64.7 Å². The first-order valence-electron chi connectivity index (χ1n) is 6.65. The monoisotopic (exact) mass is 212 g/mol. The summed E-state index contributed by atoms with van der Waals surface area (Å²) in [6.07, 6.45) is 5.50. The Morgan fingerprint density at radius 3 is 2.40 bits per heavy atom. The normalized spacial score (nSPS) is 20.0. The summed E-state index contributed by atoms with van der Waals surface area (Å²) in [5, 5.41) is 3.51. The molecule has 0 amide bonds. The Kier molecular flexibility index (Phi) is 6.26. The maximum absolute atomic E-state index is 3.51. The van der Waals surface area contributed by atoms with E-state index in [0.717, 1.165) is 18.5 Å². The number of nitrogens with zero attached hydrogens (tertiary/aromatic N) is 1. The molecule has 90 valence electrons. The molecule has 0 bridgehead atoms. The van der Waals surface area contributed by atoms with Gasteiger partial charge in [0.15, 0.2) is 0 Å². The van der Waals surface area contributed by atoms with Crippen LogP contribution in [0.1, 0.15) is 46.5 Å². The fraction of sp³-hybridized carbons (Fsp3) is 1.00. The molecule has 1 heterocycles. The minimum Gasteiger partial charge on any atom is -0.316 e. The van der Waals surface area contributed by atoms with Crippen LogP contribution in [-0.2, 0) is 0 Å². The van der Waals surface area contributed by atoms with Crippen molar-refractivity contribution >= 4 is 0 Å². The number of nitrogens with one attached hydrogen (secondary N) is 1. The zero-order valence-corrected chi connectivity index (χ0v) is 10.8. The van der Waals surface area contributed by atoms with Gasteiger partial charge in [0.05, 0.1) is 0 Å². The van der Waals surface area contributed by atoms with Crippen LogP contribution in [-0.4, -0.2) is 37.1 Å². The van der Waals surface area contributed by atoms with Gasteiger partial charge in [-0.25, -0.2) is 0 Å². The van der Waals surface area contributed by atoms with Gasteiger partial charge >= 0.3 is 0 Å². The highest BCUT2D eigenvalue weighted by molar-refractivity contribution is 4.73. The van der Waals surface area contributed by atoms with Crippen LogP contribution >= 0.6 is 0 Å². The van der Waals surface area contributed by atoms with Crippen molar-refractivity contribution in [2.45, 2.75) is 52.5 Å². The molecule has 0 aromatic rings. The van der Waals surface area contributed by atoms with E-state index >= 15 is 0 Å². The molecular weight excluding hydrogens is 184 g/mol. The van der Waals surface area contributed by atoms with Crippen LogP contribution in [0.2, 0.25) is 0 Å². The van der Waals surface area contributed by atoms with Gasteiger partial charge in [0.2, 0.25) is 0 Å². The van der Waals surface area contributed by atoms with Crippen molar-refractivity contribution in [3.8, 4) is 0 Å². The third-order valence-electron chi connectivity index (χ3n) is 3.29. The van der Waals surface area contributed by atoms with Gasteiger partial charge in [0, 0.05) is 6.04 Å². The van der Waals surface area contributed by atoms with E-state index in [4.69, 9.17) is 0 Å². The van der Waals surface area contributed by atoms with Crippen molar-refractivity contribution in [1.29, 1.82) is 0 Å². The SMILES string of the molecule is CC(C)CNCCCC(C)N1CCCC1. The van der Waals surface area contributed by atoms with Crippen molar-refractivity contribution in [2.75, 3.05) is 26.2 Å². The lowest BCUT2D eigenvalue weighted by Gasteiger charge is -2.23. The van der Waals surface area contributed by atoms with E-state index in [9.17, 15) is 0 Å². The van der Waals surface area contributed by atoms with Gasteiger partial charge in [0.25, 0.3) is 0 Å². The molecule has 1 rings (SSSR count). The first-order valence-corrected chi connectivity index (χ1v) is 6.65. The third kappa shape index (κ3) is 5.53. The van der Waals surface area contributed by atoms with Gasteiger partial charge in [-0.1, -0.05) is 13.8 Å². The molecule has 0 radical (unpaired) electrons. The predicted octanol–water partition coefficient (Wildman–Crippen LogP) is 2.50. The molecule has 0 aliphatic carbocycles. The summed E-state index contributed by atoms with van der Waals surface area (Å²) in [6, 6.07) is 0.799. The zero-order valence-electron chi connectivity index (χ0n) is 10.8. The molecule has 1 saturated heterocycles. The summed E-state index contributed by atoms with van der Waals surface area (Å²) in [5.74, 6) is 0.779. The van der Waals surface area contributed by atoms with Crippen molar-refractivity contribution < 1.29 is 0 Å². The van der Waals surface area contributed by atoms with E-state index in [0.29, 0.717) is 0 Å². The topological polar surface area (TPSA) is 15.3 Å². The van der Waals surface area contributed by atoms with Gasteiger partial charge < -0.3 is 10.2 Å². The lowest BCUT2D eigenvalue weighted by molar-refractivity contribution is 0.243. The molecule has 1 N–H and O–H groups in total. The van der Waals surface area contributed by atoms with Crippen LogP contribution in [0.15, 0.2) is 0 Å². The highest BCUT2D eigenvalue weighted by Crippen LogP contribution is 2.14. The first kappa shape index (κ1) is 13.0. The Morgan fingerprint density at radius 2 is 1.80 bits per heavy atom. The lowest BCUT2D eigenvalue weighted by Crippen LogP contribution is -2.31. The maximum Gasteiger partial charge on any atom is 0.00674 e. The van der Waals surface area contributed by atoms with Crippen LogP contribution < -0.4 is 5.32 Å². The molecule has 1 aliphatic heterocycles. The second-order valence-corrected chi connectivity index (χ2v) is 5.33. The van der Waals surface area contributed by atoms with Crippen molar-refractivity contribution in [3.05, 3.63) is 0 Å². The largest absolute Gasteiger partial charge is 0.316 e. The Balaban J connectivity index is 1.94. The Hall–Kier alpha value is -0.0800. The number of likely N-dealkylation sites (tertiary alicyclic amines) is 1. The summed E-state index contributed by atoms with van der Waals surface area (Å²) in [6.45, 7) is 11.9. The maximum atomic E-state index is 3.51. The Labute approximate surface area is 95.4 Å². The average Bonchev–Trinajstić information content (AvgIpc) is 2.69. The van der Waals surface area contributed by atoms with Gasteiger partial charge in [-0.2, -0.15) is 0 Å². The number of rotatable bonds is 7. The molecule has 0 aromatic heterocycles. The van der Waals surface area contributed by atoms with Gasteiger partial charge in [-0.15, -0.1) is 0 Å². The summed E-state index contributed by atoms with van der Waals surface area (Å²) in [4.78, 5) is 2.64. The molecule has 0 aromatic carbocycles. The predicted molar refractivity (Wildman–Crippen MR) is 67.2 cm³/mol. The standard InChI is InChI=1S/C13H28N2/c1-12(2)11-14-8-6-7-13(3)15-9-4-5-10-15/h12-14H,4-11H2,1-3H3. The van der Waals surface area contributed by atoms with E-state index in [-0.39, 0.29) is 0 Å². The van der Waals surface area contributed by atoms with Crippen LogP contribution in [0.4, 0.5) is 0 Å². The zero-order chi connectivity index (χ0) is 11.1. The van der Waals surface area contributed by atoms with Gasteiger partial charge in [0.1, 0.15) is 0 Å². The lowest BCUT2D eigenvalue weighted by atomic mass is 10.1. The first-order chi connectivity index (χ1) is 7.20. The van der Waals surface area contributed by atoms with E-state index in [1.54, 1.807) is 0 Å². The third-order valence-corrected chi connectivity index (χ3v) is 3.29. The fourth-order valence-electron chi connectivity index (χ4n) is 2.28. The van der Waals surface area contributed by atoms with Gasteiger partial charge in [-0.3, -0.25) is 0 Å². The van der Waals surface area contributed by atoms with Crippen LogP contribution in [0.3, 0.4) is 0 Å². The summed E-state index contributed by atoms with van der Waals surface area (Å²) >= 11 is 0. The smallest absolute Gasteiger partial charge is 0.00674 e. The molecule has 2 heteroatoms. The summed E-state index contributed by atoms with van der Waals surface area (Å²) in [5.41, 5.74) is 0. The minimum absolute atomic E-state index is 0.779. The highest BCUT2D eigenvalue weighted by atomic mass is 15.2. The molecule has 1 aliphatic rings. The van der Waals surface area contributed by atoms with Crippen LogP contribution in [0.5, 0.6) is 0 Å². The van der Waals surface area contributed by atoms with E-state index in [1.165, 1.54) is 45.3 Å². The fourth-order valence-corrected chi connectivity index (χ4v) is 2.28. The molecule has 1 unspecified atom stereocenters. The molecule has 0 saturated carbocycles. The molecule has 1 atom stereocenters. The molecular formula is C13H28N2. The van der Waals surface area contributed by atoms with E-state index in [2.05, 4.69) is 31.0 Å². The second-order valence-electron chi connectivity index (χ2n) is 5.33. The number of hydrogen-bond donors (Lipinski definition) is 1. The van der Waals surface area contributed by atoms with Crippen molar-refractivity contribution in [2.24, 2.45) is 5.92 Å². The summed E-state index contributed by atoms with van der Waals surface area (Å²) < 4.78 is 0. The highest BCUT2D eigenvalue weighted by Gasteiger charge is 2.16. The Bertz CT molecular complexity index is 151. The average molecular weight is 212 g/mol. The minimum atomic E-state index is 0.779.